The molecule has 2 heterocycles. The number of hydrogen-bond acceptors (Lipinski definition) is 6. The van der Waals surface area contributed by atoms with Crippen LogP contribution in [-0.2, 0) is 22.4 Å². The fraction of sp³-hybridized carbons (Fsp3) is 0.842. The van der Waals surface area contributed by atoms with Gasteiger partial charge >= 0.3 is 0 Å². The van der Waals surface area contributed by atoms with E-state index in [0.29, 0.717) is 5.92 Å². The van der Waals surface area contributed by atoms with Crippen molar-refractivity contribution in [3.05, 3.63) is 5.82 Å². The summed E-state index contributed by atoms with van der Waals surface area (Å²) >= 11 is 1.65. The lowest BCUT2D eigenvalue weighted by molar-refractivity contribution is 0.0420. The Morgan fingerprint density at radius 1 is 1.31 bits per heavy atom. The molecule has 0 radical (unpaired) electrons. The maximum atomic E-state index is 5.77. The maximum Gasteiger partial charge on any atom is 0.190 e. The van der Waals surface area contributed by atoms with E-state index in [1.165, 1.54) is 0 Å². The van der Waals surface area contributed by atoms with E-state index in [1.54, 1.807) is 18.8 Å². The highest BCUT2D eigenvalue weighted by Crippen LogP contribution is 2.16. The van der Waals surface area contributed by atoms with E-state index in [-0.39, 0.29) is 30.1 Å². The smallest absolute Gasteiger partial charge is 0.190 e. The molecular formula is C19H37IN6O2S. The second-order valence-corrected chi connectivity index (χ2v) is 8.12. The van der Waals surface area contributed by atoms with Gasteiger partial charge in [-0.3, -0.25) is 4.99 Å². The van der Waals surface area contributed by atoms with Gasteiger partial charge in [0.15, 0.2) is 11.1 Å². The molecule has 1 unspecified atom stereocenters. The number of nitrogens with zero attached hydrogens (tertiary/aromatic N) is 4. The lowest BCUT2D eigenvalue weighted by atomic mass is 10.2. The minimum Gasteiger partial charge on any atom is -0.379 e. The number of aromatic nitrogens is 3. The Morgan fingerprint density at radius 2 is 2.07 bits per heavy atom. The molecule has 0 aromatic carbocycles. The third-order valence-electron chi connectivity index (χ3n) is 4.47. The van der Waals surface area contributed by atoms with Crippen molar-refractivity contribution in [1.82, 2.24) is 25.4 Å². The lowest BCUT2D eigenvalue weighted by Crippen LogP contribution is -2.38. The molecule has 1 aromatic rings. The van der Waals surface area contributed by atoms with Crippen LogP contribution >= 0.6 is 35.7 Å². The number of aliphatic imine (C=N–C) groups is 1. The minimum absolute atomic E-state index is 0. The van der Waals surface area contributed by atoms with Crippen molar-refractivity contribution < 1.29 is 9.47 Å². The molecule has 1 atom stereocenters. The van der Waals surface area contributed by atoms with Crippen LogP contribution in [-0.4, -0.2) is 73.0 Å². The predicted molar refractivity (Wildman–Crippen MR) is 130 cm³/mol. The average molecular weight is 541 g/mol. The molecule has 0 saturated carbocycles. The summed E-state index contributed by atoms with van der Waals surface area (Å²) in [5, 5.41) is 16.4. The number of halogens is 1. The number of aryl methyl sites for hydroxylation is 1. The summed E-state index contributed by atoms with van der Waals surface area (Å²) in [5.74, 6) is 2.47. The van der Waals surface area contributed by atoms with Crippen LogP contribution in [0.4, 0.5) is 0 Å². The number of guanidine groups is 1. The third-order valence-corrected chi connectivity index (χ3v) is 5.14. The molecule has 1 aliphatic rings. The van der Waals surface area contributed by atoms with E-state index in [0.717, 1.165) is 82.1 Å². The molecule has 2 rings (SSSR count). The van der Waals surface area contributed by atoms with Gasteiger partial charge in [-0.15, -0.1) is 34.2 Å². The van der Waals surface area contributed by atoms with Crippen molar-refractivity contribution in [3.63, 3.8) is 0 Å². The van der Waals surface area contributed by atoms with Gasteiger partial charge in [-0.05, 0) is 31.4 Å². The summed E-state index contributed by atoms with van der Waals surface area (Å²) in [7, 11) is 1.80. The molecule has 0 aliphatic carbocycles. The maximum absolute atomic E-state index is 5.77. The van der Waals surface area contributed by atoms with Crippen molar-refractivity contribution in [2.24, 2.45) is 10.9 Å². The molecule has 1 saturated heterocycles. The van der Waals surface area contributed by atoms with Gasteiger partial charge in [-0.25, -0.2) is 0 Å². The lowest BCUT2D eigenvalue weighted by Gasteiger charge is -2.14. The van der Waals surface area contributed by atoms with Gasteiger partial charge in [-0.2, -0.15) is 0 Å². The highest BCUT2D eigenvalue weighted by atomic mass is 127. The molecule has 2 N–H and O–H groups in total. The minimum atomic E-state index is 0. The van der Waals surface area contributed by atoms with Gasteiger partial charge in [0, 0.05) is 46.3 Å². The van der Waals surface area contributed by atoms with Crippen LogP contribution in [0.1, 0.15) is 38.9 Å². The summed E-state index contributed by atoms with van der Waals surface area (Å²) in [6.45, 7) is 9.40. The van der Waals surface area contributed by atoms with Crippen molar-refractivity contribution in [2.75, 3.05) is 46.2 Å². The van der Waals surface area contributed by atoms with E-state index in [9.17, 15) is 0 Å². The number of thioether (sulfide) groups is 1. The summed E-state index contributed by atoms with van der Waals surface area (Å²) in [6, 6.07) is 0. The van der Waals surface area contributed by atoms with Gasteiger partial charge in [0.25, 0.3) is 0 Å². The Kier molecular flexibility index (Phi) is 13.9. The number of hydrogen-bond donors (Lipinski definition) is 2. The van der Waals surface area contributed by atoms with E-state index in [4.69, 9.17) is 9.47 Å². The standard InChI is InChI=1S/C19H36N6O2S.HI/c1-15(2)13-25-17(23-24-19(25)28-4)7-5-9-21-18(20-3)22-10-6-11-27-16-8-12-26-14-16;/h15-16H,5-14H2,1-4H3,(H2,20,21,22);1H. The first-order chi connectivity index (χ1) is 13.6. The van der Waals surface area contributed by atoms with Gasteiger partial charge < -0.3 is 24.7 Å². The fourth-order valence-corrected chi connectivity index (χ4v) is 3.57. The summed E-state index contributed by atoms with van der Waals surface area (Å²) in [5.41, 5.74) is 0. The third kappa shape index (κ3) is 9.84. The molecule has 1 aromatic heterocycles. The Labute approximate surface area is 196 Å². The van der Waals surface area contributed by atoms with Crippen LogP contribution in [0.15, 0.2) is 10.1 Å². The van der Waals surface area contributed by atoms with E-state index >= 15 is 0 Å². The van der Waals surface area contributed by atoms with Crippen molar-refractivity contribution in [1.29, 1.82) is 0 Å². The Bertz CT molecular complexity index is 593. The van der Waals surface area contributed by atoms with E-state index in [1.807, 2.05) is 0 Å². The van der Waals surface area contributed by atoms with Crippen LogP contribution in [0, 0.1) is 5.92 Å². The Balaban J connectivity index is 0.00000420. The second-order valence-electron chi connectivity index (χ2n) is 7.35. The van der Waals surface area contributed by atoms with Crippen LogP contribution in [0.5, 0.6) is 0 Å². The van der Waals surface area contributed by atoms with Crippen molar-refractivity contribution in [3.8, 4) is 0 Å². The summed E-state index contributed by atoms with van der Waals surface area (Å²) in [4.78, 5) is 4.28. The molecule has 29 heavy (non-hydrogen) atoms. The Morgan fingerprint density at radius 3 is 2.69 bits per heavy atom. The van der Waals surface area contributed by atoms with Crippen LogP contribution in [0.3, 0.4) is 0 Å². The molecule has 0 spiro atoms. The molecule has 0 bridgehead atoms. The Hall–Kier alpha value is -0.590. The molecule has 1 aliphatic heterocycles. The van der Waals surface area contributed by atoms with Crippen molar-refractivity contribution in [2.45, 2.75) is 57.3 Å². The largest absolute Gasteiger partial charge is 0.379 e. The van der Waals surface area contributed by atoms with Crippen LogP contribution in [0.2, 0.25) is 0 Å². The number of ether oxygens (including phenoxy) is 2. The van der Waals surface area contributed by atoms with Gasteiger partial charge in [0.1, 0.15) is 5.82 Å². The van der Waals surface area contributed by atoms with Gasteiger partial charge in [0.2, 0.25) is 0 Å². The number of nitrogens with one attached hydrogen (secondary N) is 2. The SMILES string of the molecule is CN=C(NCCCOC1CCOC1)NCCCc1nnc(SC)n1CC(C)C.I. The molecule has 10 heteroatoms. The first kappa shape index (κ1) is 26.4. The van der Waals surface area contributed by atoms with E-state index in [2.05, 4.69) is 50.5 Å². The quantitative estimate of drug-likeness (QED) is 0.139. The summed E-state index contributed by atoms with van der Waals surface area (Å²) in [6.07, 6.45) is 6.18. The zero-order valence-corrected chi connectivity index (χ0v) is 21.3. The molecule has 1 fully saturated rings. The van der Waals surface area contributed by atoms with Crippen LogP contribution in [0.25, 0.3) is 0 Å². The predicted octanol–water partition coefficient (Wildman–Crippen LogP) is 2.57. The van der Waals surface area contributed by atoms with Gasteiger partial charge in [0.05, 0.1) is 12.7 Å². The number of rotatable bonds is 12. The molecule has 0 amide bonds. The van der Waals surface area contributed by atoms with E-state index < -0.39 is 0 Å². The summed E-state index contributed by atoms with van der Waals surface area (Å²) < 4.78 is 13.3. The topological polar surface area (TPSA) is 85.6 Å². The average Bonchev–Trinajstić information content (AvgIpc) is 3.33. The first-order valence-electron chi connectivity index (χ1n) is 10.2. The molecular weight excluding hydrogens is 503 g/mol. The zero-order valence-electron chi connectivity index (χ0n) is 18.1. The van der Waals surface area contributed by atoms with Crippen molar-refractivity contribution >= 4 is 41.7 Å². The molecule has 168 valence electrons. The highest BCUT2D eigenvalue weighted by molar-refractivity contribution is 14.0. The molecule has 8 nitrogen and oxygen atoms in total. The van der Waals surface area contributed by atoms with Gasteiger partial charge in [-0.1, -0.05) is 25.6 Å². The van der Waals surface area contributed by atoms with Crippen LogP contribution < -0.4 is 10.6 Å². The zero-order chi connectivity index (χ0) is 20.2. The highest BCUT2D eigenvalue weighted by Gasteiger charge is 2.15. The monoisotopic (exact) mass is 540 g/mol. The first-order valence-corrected chi connectivity index (χ1v) is 11.5. The fourth-order valence-electron chi connectivity index (χ4n) is 3.05. The second kappa shape index (κ2) is 15.2. The normalized spacial score (nSPS) is 16.9.